The number of methoxy groups -OCH3 is 1. The average molecular weight is 283 g/mol. The van der Waals surface area contributed by atoms with E-state index in [-0.39, 0.29) is 30.3 Å². The summed E-state index contributed by atoms with van der Waals surface area (Å²) >= 11 is 0. The molecule has 1 amide bonds. The topological polar surface area (TPSA) is 47.6 Å². The van der Waals surface area contributed by atoms with Crippen LogP contribution in [0.2, 0.25) is 0 Å². The summed E-state index contributed by atoms with van der Waals surface area (Å²) in [6.45, 7) is 4.83. The van der Waals surface area contributed by atoms with Crippen molar-refractivity contribution in [3.63, 3.8) is 0 Å². The number of carbonyl (C=O) groups excluding carboxylic acids is 1. The summed E-state index contributed by atoms with van der Waals surface area (Å²) < 4.78 is 22.9. The van der Waals surface area contributed by atoms with E-state index in [0.29, 0.717) is 13.2 Å². The van der Waals surface area contributed by atoms with E-state index in [1.165, 1.54) is 12.1 Å². The van der Waals surface area contributed by atoms with Gasteiger partial charge in [0.05, 0.1) is 19.3 Å². The first-order chi connectivity index (χ1) is 9.54. The molecule has 0 spiro atoms. The quantitative estimate of drug-likeness (QED) is 0.745. The van der Waals surface area contributed by atoms with Gasteiger partial charge in [-0.1, -0.05) is 26.0 Å². The molecule has 0 saturated heterocycles. The maximum Gasteiger partial charge on any atom is 0.246 e. The van der Waals surface area contributed by atoms with Gasteiger partial charge in [-0.3, -0.25) is 4.79 Å². The zero-order valence-corrected chi connectivity index (χ0v) is 12.2. The molecular weight excluding hydrogens is 261 g/mol. The largest absolute Gasteiger partial charge is 0.382 e. The zero-order valence-electron chi connectivity index (χ0n) is 12.2. The molecule has 0 heterocycles. The van der Waals surface area contributed by atoms with Crippen molar-refractivity contribution in [2.45, 2.75) is 19.9 Å². The van der Waals surface area contributed by atoms with Crippen molar-refractivity contribution >= 4 is 5.91 Å². The summed E-state index contributed by atoms with van der Waals surface area (Å²) in [5, 5.41) is 2.90. The summed E-state index contributed by atoms with van der Waals surface area (Å²) in [5.74, 6) is -0.280. The fourth-order valence-electron chi connectivity index (χ4n) is 1.83. The molecule has 0 fully saturated rings. The predicted octanol–water partition coefficient (Wildman–Crippen LogP) is 2.30. The van der Waals surface area contributed by atoms with E-state index in [4.69, 9.17) is 9.47 Å². The van der Waals surface area contributed by atoms with Crippen molar-refractivity contribution < 1.29 is 18.7 Å². The highest BCUT2D eigenvalue weighted by atomic mass is 19.1. The van der Waals surface area contributed by atoms with Crippen LogP contribution in [0, 0.1) is 11.7 Å². The Morgan fingerprint density at radius 1 is 1.25 bits per heavy atom. The van der Waals surface area contributed by atoms with Crippen molar-refractivity contribution in [2.75, 3.05) is 26.9 Å². The summed E-state index contributed by atoms with van der Waals surface area (Å²) in [5.41, 5.74) is 0.881. The Morgan fingerprint density at radius 2 is 1.90 bits per heavy atom. The number of benzene rings is 1. The Bertz CT molecular complexity index is 406. The van der Waals surface area contributed by atoms with Gasteiger partial charge in [-0.05, 0) is 23.6 Å². The third-order valence-electron chi connectivity index (χ3n) is 2.88. The summed E-state index contributed by atoms with van der Waals surface area (Å²) in [4.78, 5) is 11.8. The lowest BCUT2D eigenvalue weighted by Crippen LogP contribution is -2.34. The second-order valence-electron chi connectivity index (χ2n) is 4.89. The van der Waals surface area contributed by atoms with Gasteiger partial charge < -0.3 is 14.8 Å². The van der Waals surface area contributed by atoms with E-state index in [1.54, 1.807) is 19.2 Å². The van der Waals surface area contributed by atoms with Crippen LogP contribution < -0.4 is 5.32 Å². The van der Waals surface area contributed by atoms with Crippen molar-refractivity contribution in [1.29, 1.82) is 0 Å². The van der Waals surface area contributed by atoms with Crippen LogP contribution >= 0.6 is 0 Å². The Labute approximate surface area is 119 Å². The molecule has 4 nitrogen and oxygen atoms in total. The van der Waals surface area contributed by atoms with Crippen LogP contribution in [0.1, 0.15) is 25.5 Å². The molecule has 5 heteroatoms. The first kappa shape index (κ1) is 16.6. The summed E-state index contributed by atoms with van der Waals surface area (Å²) in [6.07, 6.45) is 0. The predicted molar refractivity (Wildman–Crippen MR) is 74.8 cm³/mol. The number of amides is 1. The minimum absolute atomic E-state index is 0.00618. The SMILES string of the molecule is COCCOCC(=O)NC(c1ccc(F)cc1)C(C)C. The van der Waals surface area contributed by atoms with E-state index < -0.39 is 0 Å². The maximum atomic E-state index is 12.9. The van der Waals surface area contributed by atoms with Crippen LogP contribution in [0.25, 0.3) is 0 Å². The van der Waals surface area contributed by atoms with Gasteiger partial charge in [-0.15, -0.1) is 0 Å². The first-order valence-electron chi connectivity index (χ1n) is 6.66. The molecule has 0 saturated carbocycles. The molecule has 1 N–H and O–H groups in total. The van der Waals surface area contributed by atoms with Crippen LogP contribution in [-0.4, -0.2) is 32.8 Å². The van der Waals surface area contributed by atoms with Gasteiger partial charge in [0.2, 0.25) is 5.91 Å². The summed E-state index contributed by atoms with van der Waals surface area (Å²) in [7, 11) is 1.58. The fraction of sp³-hybridized carbons (Fsp3) is 0.533. The molecule has 1 atom stereocenters. The third kappa shape index (κ3) is 5.67. The van der Waals surface area contributed by atoms with Crippen LogP contribution in [-0.2, 0) is 14.3 Å². The fourth-order valence-corrected chi connectivity index (χ4v) is 1.83. The van der Waals surface area contributed by atoms with E-state index >= 15 is 0 Å². The number of carbonyl (C=O) groups is 1. The van der Waals surface area contributed by atoms with Crippen molar-refractivity contribution in [3.8, 4) is 0 Å². The van der Waals surface area contributed by atoms with E-state index in [2.05, 4.69) is 5.32 Å². The number of ether oxygens (including phenoxy) is 2. The van der Waals surface area contributed by atoms with Crippen molar-refractivity contribution in [2.24, 2.45) is 5.92 Å². The lowest BCUT2D eigenvalue weighted by atomic mass is 9.96. The van der Waals surface area contributed by atoms with E-state index in [0.717, 1.165) is 5.56 Å². The highest BCUT2D eigenvalue weighted by molar-refractivity contribution is 5.77. The molecule has 20 heavy (non-hydrogen) atoms. The molecule has 0 aliphatic carbocycles. The maximum absolute atomic E-state index is 12.9. The van der Waals surface area contributed by atoms with Gasteiger partial charge in [0, 0.05) is 7.11 Å². The lowest BCUT2D eigenvalue weighted by molar-refractivity contribution is -0.127. The van der Waals surface area contributed by atoms with Gasteiger partial charge in [0.25, 0.3) is 0 Å². The van der Waals surface area contributed by atoms with Crippen LogP contribution in [0.15, 0.2) is 24.3 Å². The van der Waals surface area contributed by atoms with E-state index in [1.807, 2.05) is 13.8 Å². The lowest BCUT2D eigenvalue weighted by Gasteiger charge is -2.23. The number of rotatable bonds is 8. The molecule has 0 aliphatic rings. The molecule has 1 unspecified atom stereocenters. The molecule has 0 bridgehead atoms. The molecule has 1 aromatic carbocycles. The standard InChI is InChI=1S/C15H22FNO3/c1-11(2)15(12-4-6-13(16)7-5-12)17-14(18)10-20-9-8-19-3/h4-7,11,15H,8-10H2,1-3H3,(H,17,18). The highest BCUT2D eigenvalue weighted by Crippen LogP contribution is 2.21. The van der Waals surface area contributed by atoms with Gasteiger partial charge >= 0.3 is 0 Å². The smallest absolute Gasteiger partial charge is 0.246 e. The minimum Gasteiger partial charge on any atom is -0.382 e. The van der Waals surface area contributed by atoms with E-state index in [9.17, 15) is 9.18 Å². The zero-order chi connectivity index (χ0) is 15.0. The Kier molecular flexibility index (Phi) is 7.18. The monoisotopic (exact) mass is 283 g/mol. The number of nitrogens with one attached hydrogen (secondary N) is 1. The van der Waals surface area contributed by atoms with Gasteiger partial charge in [0.15, 0.2) is 0 Å². The normalized spacial score (nSPS) is 12.4. The number of hydrogen-bond donors (Lipinski definition) is 1. The first-order valence-corrected chi connectivity index (χ1v) is 6.66. The molecule has 1 aromatic rings. The van der Waals surface area contributed by atoms with Crippen LogP contribution in [0.5, 0.6) is 0 Å². The van der Waals surface area contributed by atoms with Gasteiger partial charge in [0.1, 0.15) is 12.4 Å². The molecular formula is C15H22FNO3. The van der Waals surface area contributed by atoms with Crippen LogP contribution in [0.4, 0.5) is 4.39 Å². The Morgan fingerprint density at radius 3 is 2.45 bits per heavy atom. The highest BCUT2D eigenvalue weighted by Gasteiger charge is 2.18. The molecule has 1 rings (SSSR count). The van der Waals surface area contributed by atoms with Gasteiger partial charge in [-0.25, -0.2) is 4.39 Å². The number of hydrogen-bond acceptors (Lipinski definition) is 3. The third-order valence-corrected chi connectivity index (χ3v) is 2.88. The summed E-state index contributed by atoms with van der Waals surface area (Å²) in [6, 6.07) is 6.00. The van der Waals surface area contributed by atoms with Crippen molar-refractivity contribution in [3.05, 3.63) is 35.6 Å². The molecule has 0 aromatic heterocycles. The number of halogens is 1. The molecule has 0 aliphatic heterocycles. The average Bonchev–Trinajstić information content (AvgIpc) is 2.42. The van der Waals surface area contributed by atoms with Crippen molar-refractivity contribution in [1.82, 2.24) is 5.32 Å². The second kappa shape index (κ2) is 8.66. The van der Waals surface area contributed by atoms with Crippen LogP contribution in [0.3, 0.4) is 0 Å². The molecule has 112 valence electrons. The molecule has 0 radical (unpaired) electrons. The minimum atomic E-state index is -0.287. The van der Waals surface area contributed by atoms with Gasteiger partial charge in [-0.2, -0.15) is 0 Å². The Hall–Kier alpha value is -1.46. The second-order valence-corrected chi connectivity index (χ2v) is 4.89. The Balaban J connectivity index is 2.55.